The molecule has 1 fully saturated rings. The molecule has 0 spiro atoms. The molecule has 1 saturated heterocycles. The summed E-state index contributed by atoms with van der Waals surface area (Å²) < 4.78 is 13.3. The normalized spacial score (nSPS) is 14.9. The maximum atomic E-state index is 13.3. The smallest absolute Gasteiger partial charge is 0.295 e. The molecular formula is C16H15ClFN3O2. The first-order chi connectivity index (χ1) is 11.1. The van der Waals surface area contributed by atoms with Crippen molar-refractivity contribution < 1.29 is 9.31 Å². The zero-order chi connectivity index (χ0) is 16.4. The lowest BCUT2D eigenvalue weighted by molar-refractivity contribution is -0.384. The molecular weight excluding hydrogens is 321 g/mol. The van der Waals surface area contributed by atoms with Crippen LogP contribution >= 0.6 is 11.6 Å². The van der Waals surface area contributed by atoms with Crippen molar-refractivity contribution in [2.75, 3.05) is 36.0 Å². The Hall–Kier alpha value is -2.34. The van der Waals surface area contributed by atoms with Crippen LogP contribution in [0.5, 0.6) is 0 Å². The average Bonchev–Trinajstić information content (AvgIpc) is 2.55. The summed E-state index contributed by atoms with van der Waals surface area (Å²) in [5.41, 5.74) is 1.22. The van der Waals surface area contributed by atoms with Gasteiger partial charge >= 0.3 is 0 Å². The molecule has 0 N–H and O–H groups in total. The molecule has 1 aliphatic heterocycles. The fraction of sp³-hybridized carbons (Fsp3) is 0.250. The molecule has 23 heavy (non-hydrogen) atoms. The number of rotatable bonds is 3. The Balaban J connectivity index is 1.77. The number of para-hydroxylation sites is 1. The van der Waals surface area contributed by atoms with E-state index in [4.69, 9.17) is 11.6 Å². The van der Waals surface area contributed by atoms with Crippen LogP contribution in [0.1, 0.15) is 0 Å². The number of nitro groups is 1. The Kier molecular flexibility index (Phi) is 4.34. The van der Waals surface area contributed by atoms with Gasteiger partial charge in [-0.15, -0.1) is 0 Å². The van der Waals surface area contributed by atoms with Crippen LogP contribution in [0.3, 0.4) is 0 Å². The van der Waals surface area contributed by atoms with Crippen molar-refractivity contribution >= 4 is 28.7 Å². The topological polar surface area (TPSA) is 49.6 Å². The Labute approximate surface area is 138 Å². The van der Waals surface area contributed by atoms with Crippen LogP contribution < -0.4 is 9.80 Å². The largest absolute Gasteiger partial charge is 0.367 e. The molecule has 2 aromatic rings. The van der Waals surface area contributed by atoms with Gasteiger partial charge in [0.05, 0.1) is 21.7 Å². The summed E-state index contributed by atoms with van der Waals surface area (Å²) in [7, 11) is 0. The molecule has 0 atom stereocenters. The van der Waals surface area contributed by atoms with Gasteiger partial charge in [-0.2, -0.15) is 0 Å². The Morgan fingerprint density at radius 1 is 1.00 bits per heavy atom. The third-order valence-corrected chi connectivity index (χ3v) is 4.27. The van der Waals surface area contributed by atoms with E-state index >= 15 is 0 Å². The van der Waals surface area contributed by atoms with Crippen LogP contribution in [-0.4, -0.2) is 31.1 Å². The second kappa shape index (κ2) is 6.42. The summed E-state index contributed by atoms with van der Waals surface area (Å²) in [4.78, 5) is 14.6. The van der Waals surface area contributed by atoms with Crippen LogP contribution in [-0.2, 0) is 0 Å². The number of hydrogen-bond acceptors (Lipinski definition) is 4. The molecule has 7 heteroatoms. The van der Waals surface area contributed by atoms with E-state index in [1.165, 1.54) is 12.1 Å². The second-order valence-corrected chi connectivity index (χ2v) is 5.72. The third kappa shape index (κ3) is 3.22. The molecule has 0 amide bonds. The highest BCUT2D eigenvalue weighted by atomic mass is 35.5. The Bertz CT molecular complexity index is 733. The Morgan fingerprint density at radius 3 is 2.22 bits per heavy atom. The summed E-state index contributed by atoms with van der Waals surface area (Å²) in [5, 5.41) is 11.8. The Morgan fingerprint density at radius 2 is 1.61 bits per heavy atom. The van der Waals surface area contributed by atoms with E-state index in [-0.39, 0.29) is 5.69 Å². The minimum atomic E-state index is -0.602. The van der Waals surface area contributed by atoms with Gasteiger partial charge in [-0.1, -0.05) is 23.7 Å². The van der Waals surface area contributed by atoms with Crippen molar-refractivity contribution in [1.29, 1.82) is 0 Å². The predicted octanol–water partition coefficient (Wildman–Crippen LogP) is 3.71. The average molecular weight is 336 g/mol. The molecule has 1 heterocycles. The minimum absolute atomic E-state index is 0.198. The van der Waals surface area contributed by atoms with Crippen molar-refractivity contribution in [3.8, 4) is 0 Å². The molecule has 1 aliphatic rings. The van der Waals surface area contributed by atoms with Gasteiger partial charge in [0.2, 0.25) is 0 Å². The first-order valence-electron chi connectivity index (χ1n) is 7.24. The third-order valence-electron chi connectivity index (χ3n) is 3.95. The molecule has 120 valence electrons. The van der Waals surface area contributed by atoms with Crippen LogP contribution in [0.15, 0.2) is 42.5 Å². The second-order valence-electron chi connectivity index (χ2n) is 5.32. The van der Waals surface area contributed by atoms with Gasteiger partial charge in [0.15, 0.2) is 0 Å². The number of nitrogens with zero attached hydrogens (tertiary/aromatic N) is 3. The summed E-state index contributed by atoms with van der Waals surface area (Å²) in [6, 6.07) is 11.3. The zero-order valence-corrected chi connectivity index (χ0v) is 13.0. The maximum absolute atomic E-state index is 13.3. The fourth-order valence-electron chi connectivity index (χ4n) is 2.81. The van der Waals surface area contributed by atoms with E-state index < -0.39 is 10.7 Å². The van der Waals surface area contributed by atoms with Crippen molar-refractivity contribution in [3.05, 3.63) is 63.4 Å². The van der Waals surface area contributed by atoms with E-state index in [1.807, 2.05) is 29.2 Å². The van der Waals surface area contributed by atoms with Crippen LogP contribution in [0, 0.1) is 15.9 Å². The summed E-state index contributed by atoms with van der Waals surface area (Å²) in [6.45, 7) is 2.60. The standard InChI is InChI=1S/C16H15ClFN3O2/c17-13-3-1-2-4-14(13)19-7-9-20(10-8-19)15-6-5-12(18)11-16(15)21(22)23/h1-6,11H,7-10H2. The van der Waals surface area contributed by atoms with Crippen molar-refractivity contribution in [1.82, 2.24) is 0 Å². The predicted molar refractivity (Wildman–Crippen MR) is 88.9 cm³/mol. The van der Waals surface area contributed by atoms with E-state index in [1.54, 1.807) is 0 Å². The fourth-order valence-corrected chi connectivity index (χ4v) is 3.06. The van der Waals surface area contributed by atoms with Crippen molar-refractivity contribution in [2.24, 2.45) is 0 Å². The first kappa shape index (κ1) is 15.6. The molecule has 2 aromatic carbocycles. The SMILES string of the molecule is O=[N+]([O-])c1cc(F)ccc1N1CCN(c2ccccc2Cl)CC1. The maximum Gasteiger partial charge on any atom is 0.295 e. The van der Waals surface area contributed by atoms with Crippen molar-refractivity contribution in [2.45, 2.75) is 0 Å². The number of halogens is 2. The van der Waals surface area contributed by atoms with E-state index in [9.17, 15) is 14.5 Å². The highest BCUT2D eigenvalue weighted by Gasteiger charge is 2.24. The minimum Gasteiger partial charge on any atom is -0.367 e. The van der Waals surface area contributed by atoms with Gasteiger partial charge < -0.3 is 9.80 Å². The quantitative estimate of drug-likeness (QED) is 0.633. The molecule has 0 radical (unpaired) electrons. The first-order valence-corrected chi connectivity index (χ1v) is 7.62. The number of piperazine rings is 1. The molecule has 0 saturated carbocycles. The molecule has 5 nitrogen and oxygen atoms in total. The summed E-state index contributed by atoms with van der Waals surface area (Å²) in [6.07, 6.45) is 0. The van der Waals surface area contributed by atoms with E-state index in [2.05, 4.69) is 4.90 Å². The molecule has 0 unspecified atom stereocenters. The van der Waals surface area contributed by atoms with E-state index in [0.717, 1.165) is 11.8 Å². The number of hydrogen-bond donors (Lipinski definition) is 0. The molecule has 0 bridgehead atoms. The number of nitro benzene ring substituents is 1. The van der Waals surface area contributed by atoms with Crippen LogP contribution in [0.4, 0.5) is 21.5 Å². The van der Waals surface area contributed by atoms with E-state index in [0.29, 0.717) is 36.9 Å². The monoisotopic (exact) mass is 335 g/mol. The highest BCUT2D eigenvalue weighted by Crippen LogP contribution is 2.31. The lowest BCUT2D eigenvalue weighted by atomic mass is 10.2. The zero-order valence-electron chi connectivity index (χ0n) is 12.3. The number of anilines is 2. The van der Waals surface area contributed by atoms with Gasteiger partial charge in [-0.25, -0.2) is 4.39 Å². The van der Waals surface area contributed by atoms with Crippen LogP contribution in [0.25, 0.3) is 0 Å². The number of benzene rings is 2. The highest BCUT2D eigenvalue weighted by molar-refractivity contribution is 6.33. The van der Waals surface area contributed by atoms with Gasteiger partial charge in [-0.05, 0) is 24.3 Å². The van der Waals surface area contributed by atoms with Gasteiger partial charge in [0.25, 0.3) is 5.69 Å². The van der Waals surface area contributed by atoms with Gasteiger partial charge in [0.1, 0.15) is 11.5 Å². The molecule has 3 rings (SSSR count). The van der Waals surface area contributed by atoms with Crippen LogP contribution in [0.2, 0.25) is 5.02 Å². The van der Waals surface area contributed by atoms with Gasteiger partial charge in [-0.3, -0.25) is 10.1 Å². The van der Waals surface area contributed by atoms with Crippen molar-refractivity contribution in [3.63, 3.8) is 0 Å². The molecule has 0 aromatic heterocycles. The van der Waals surface area contributed by atoms with Gasteiger partial charge in [0, 0.05) is 26.2 Å². The summed E-state index contributed by atoms with van der Waals surface area (Å²) >= 11 is 6.21. The lowest BCUT2D eigenvalue weighted by Gasteiger charge is -2.37. The lowest BCUT2D eigenvalue weighted by Crippen LogP contribution is -2.46. The molecule has 0 aliphatic carbocycles. The summed E-state index contributed by atoms with van der Waals surface area (Å²) in [5.74, 6) is -0.602.